The summed E-state index contributed by atoms with van der Waals surface area (Å²) in [6, 6.07) is 7.58. The van der Waals surface area contributed by atoms with Gasteiger partial charge in [-0.1, -0.05) is 17.4 Å². The van der Waals surface area contributed by atoms with Crippen LogP contribution < -0.4 is 10.2 Å². The number of hydrogen-bond donors (Lipinski definition) is 1. The van der Waals surface area contributed by atoms with Crippen LogP contribution in [0.4, 0.5) is 21.8 Å². The number of nitriles is 1. The van der Waals surface area contributed by atoms with Crippen molar-refractivity contribution in [1.82, 2.24) is 19.7 Å². The number of nitrogens with one attached hydrogen (secondary N) is 1. The molecule has 0 atom stereocenters. The van der Waals surface area contributed by atoms with E-state index in [0.717, 1.165) is 24.8 Å². The minimum absolute atomic E-state index is 0.337. The van der Waals surface area contributed by atoms with E-state index in [1.807, 2.05) is 19.1 Å². The zero-order valence-electron chi connectivity index (χ0n) is 15.4. The van der Waals surface area contributed by atoms with Crippen LogP contribution in [0, 0.1) is 11.3 Å². The molecule has 0 radical (unpaired) electrons. The van der Waals surface area contributed by atoms with Gasteiger partial charge in [-0.15, -0.1) is 10.2 Å². The lowest BCUT2D eigenvalue weighted by Crippen LogP contribution is -2.17. The van der Waals surface area contributed by atoms with Gasteiger partial charge in [0.05, 0.1) is 6.20 Å². The number of anilines is 2. The first kappa shape index (κ1) is 18.1. The fourth-order valence-corrected chi connectivity index (χ4v) is 3.87. The van der Waals surface area contributed by atoms with Crippen LogP contribution in [0.2, 0.25) is 0 Å². The molecule has 0 unspecified atom stereocenters. The van der Waals surface area contributed by atoms with Crippen molar-refractivity contribution >= 4 is 33.1 Å². The maximum atomic E-state index is 9.41. The molecule has 1 aliphatic rings. The van der Waals surface area contributed by atoms with Gasteiger partial charge in [0.25, 0.3) is 0 Å². The van der Waals surface area contributed by atoms with Crippen molar-refractivity contribution in [3.8, 4) is 11.9 Å². The fourth-order valence-electron chi connectivity index (χ4n) is 2.95. The summed E-state index contributed by atoms with van der Waals surface area (Å²) in [7, 11) is 0. The van der Waals surface area contributed by atoms with Crippen LogP contribution >= 0.6 is 11.3 Å². The normalized spacial score (nSPS) is 13.9. The molecule has 142 valence electrons. The van der Waals surface area contributed by atoms with Gasteiger partial charge in [-0.05, 0) is 31.9 Å². The zero-order valence-corrected chi connectivity index (χ0v) is 16.2. The Morgan fingerprint density at radius 2 is 2.14 bits per heavy atom. The average molecular weight is 393 g/mol. The molecule has 0 aliphatic carbocycles. The van der Waals surface area contributed by atoms with Crippen LogP contribution in [-0.2, 0) is 0 Å². The number of thiazole rings is 1. The predicted molar refractivity (Wildman–Crippen MR) is 108 cm³/mol. The molecular weight excluding hydrogens is 374 g/mol. The predicted octanol–water partition coefficient (Wildman–Crippen LogP) is 4.04. The lowest BCUT2D eigenvalue weighted by Gasteiger charge is -2.11. The SMILES string of the molecule is CCNc1nc(N2CCCC2)sc1N=Nc1c(C#N)cnn1-c1ccccn1. The van der Waals surface area contributed by atoms with Gasteiger partial charge < -0.3 is 10.2 Å². The lowest BCUT2D eigenvalue weighted by atomic mass is 10.3. The minimum Gasteiger partial charge on any atom is -0.368 e. The van der Waals surface area contributed by atoms with Crippen molar-refractivity contribution in [3.05, 3.63) is 36.2 Å². The number of nitrogens with zero attached hydrogens (tertiary/aromatic N) is 8. The van der Waals surface area contributed by atoms with Crippen LogP contribution in [0.15, 0.2) is 40.8 Å². The summed E-state index contributed by atoms with van der Waals surface area (Å²) >= 11 is 1.50. The molecular formula is C18H19N9S. The molecule has 1 fully saturated rings. The topological polar surface area (TPSA) is 107 Å². The summed E-state index contributed by atoms with van der Waals surface area (Å²) in [5.74, 6) is 1.63. The van der Waals surface area contributed by atoms with Gasteiger partial charge in [0, 0.05) is 25.8 Å². The van der Waals surface area contributed by atoms with Crippen LogP contribution in [-0.4, -0.2) is 39.4 Å². The molecule has 0 bridgehead atoms. The second kappa shape index (κ2) is 8.14. The van der Waals surface area contributed by atoms with E-state index in [-0.39, 0.29) is 0 Å². The van der Waals surface area contributed by atoms with Crippen molar-refractivity contribution in [2.75, 3.05) is 29.9 Å². The van der Waals surface area contributed by atoms with Crippen LogP contribution in [0.25, 0.3) is 5.82 Å². The van der Waals surface area contributed by atoms with Gasteiger partial charge in [0.2, 0.25) is 0 Å². The number of aromatic nitrogens is 4. The summed E-state index contributed by atoms with van der Waals surface area (Å²) in [6.45, 7) is 4.78. The maximum Gasteiger partial charge on any atom is 0.197 e. The highest BCUT2D eigenvalue weighted by molar-refractivity contribution is 7.19. The van der Waals surface area contributed by atoms with Crippen LogP contribution in [0.1, 0.15) is 25.3 Å². The van der Waals surface area contributed by atoms with Gasteiger partial charge in [-0.25, -0.2) is 9.97 Å². The average Bonchev–Trinajstić information content (AvgIpc) is 3.47. The Labute approximate surface area is 166 Å². The third-order valence-electron chi connectivity index (χ3n) is 4.28. The van der Waals surface area contributed by atoms with E-state index in [1.54, 1.807) is 12.3 Å². The molecule has 0 aromatic carbocycles. The van der Waals surface area contributed by atoms with Gasteiger partial charge >= 0.3 is 0 Å². The van der Waals surface area contributed by atoms with Crippen LogP contribution in [0.3, 0.4) is 0 Å². The Hall–Kier alpha value is -3.32. The summed E-state index contributed by atoms with van der Waals surface area (Å²) in [5.41, 5.74) is 0.337. The monoisotopic (exact) mass is 393 g/mol. The van der Waals surface area contributed by atoms with Gasteiger partial charge in [0.15, 0.2) is 27.6 Å². The number of pyridine rings is 1. The van der Waals surface area contributed by atoms with E-state index in [0.29, 0.717) is 28.0 Å². The Balaban J connectivity index is 1.69. The van der Waals surface area contributed by atoms with E-state index in [4.69, 9.17) is 0 Å². The molecule has 0 amide bonds. The Morgan fingerprint density at radius 1 is 1.29 bits per heavy atom. The highest BCUT2D eigenvalue weighted by Gasteiger charge is 2.20. The quantitative estimate of drug-likeness (QED) is 0.633. The van der Waals surface area contributed by atoms with Crippen molar-refractivity contribution in [3.63, 3.8) is 0 Å². The standard InChI is InChI=1S/C18H19N9S/c1-2-20-15-17(28-18(23-15)26-9-5-6-10-26)25-24-16-13(11-19)12-22-27(16)14-7-3-4-8-21-14/h3-4,7-8,12,20H,2,5-6,9-10H2,1H3. The summed E-state index contributed by atoms with van der Waals surface area (Å²) in [5, 5.41) is 27.3. The summed E-state index contributed by atoms with van der Waals surface area (Å²) in [4.78, 5) is 11.2. The van der Waals surface area contributed by atoms with Gasteiger partial charge in [-0.3, -0.25) is 0 Å². The Kier molecular flexibility index (Phi) is 5.25. The first-order valence-corrected chi connectivity index (χ1v) is 9.92. The third kappa shape index (κ3) is 3.57. The van der Waals surface area contributed by atoms with E-state index < -0.39 is 0 Å². The molecule has 3 aromatic heterocycles. The van der Waals surface area contributed by atoms with E-state index >= 15 is 0 Å². The smallest absolute Gasteiger partial charge is 0.197 e. The minimum atomic E-state index is 0.337. The van der Waals surface area contributed by atoms with Gasteiger partial charge in [-0.2, -0.15) is 15.0 Å². The highest BCUT2D eigenvalue weighted by Crippen LogP contribution is 2.39. The zero-order chi connectivity index (χ0) is 19.3. The summed E-state index contributed by atoms with van der Waals surface area (Å²) < 4.78 is 1.51. The number of rotatable bonds is 6. The van der Waals surface area contributed by atoms with Crippen molar-refractivity contribution in [1.29, 1.82) is 5.26 Å². The maximum absolute atomic E-state index is 9.41. The number of hydrogen-bond acceptors (Lipinski definition) is 9. The van der Waals surface area contributed by atoms with Crippen molar-refractivity contribution < 1.29 is 0 Å². The van der Waals surface area contributed by atoms with E-state index in [2.05, 4.69) is 41.6 Å². The first-order valence-electron chi connectivity index (χ1n) is 9.11. The lowest BCUT2D eigenvalue weighted by molar-refractivity contribution is 0.839. The van der Waals surface area contributed by atoms with E-state index in [1.165, 1.54) is 35.1 Å². The largest absolute Gasteiger partial charge is 0.368 e. The summed E-state index contributed by atoms with van der Waals surface area (Å²) in [6.07, 6.45) is 5.50. The third-order valence-corrected chi connectivity index (χ3v) is 5.29. The van der Waals surface area contributed by atoms with E-state index in [9.17, 15) is 5.26 Å². The van der Waals surface area contributed by atoms with Crippen molar-refractivity contribution in [2.24, 2.45) is 10.2 Å². The molecule has 1 aliphatic heterocycles. The molecule has 1 N–H and O–H groups in total. The molecule has 9 nitrogen and oxygen atoms in total. The van der Waals surface area contributed by atoms with Crippen molar-refractivity contribution in [2.45, 2.75) is 19.8 Å². The second-order valence-electron chi connectivity index (χ2n) is 6.17. The molecule has 28 heavy (non-hydrogen) atoms. The molecule has 3 aromatic rings. The molecule has 10 heteroatoms. The van der Waals surface area contributed by atoms with Crippen LogP contribution in [0.5, 0.6) is 0 Å². The highest BCUT2D eigenvalue weighted by atomic mass is 32.1. The molecule has 4 rings (SSSR count). The fraction of sp³-hybridized carbons (Fsp3) is 0.333. The second-order valence-corrected chi connectivity index (χ2v) is 7.12. The molecule has 4 heterocycles. The first-order chi connectivity index (χ1) is 13.8. The number of azo groups is 1. The van der Waals surface area contributed by atoms with Gasteiger partial charge in [0.1, 0.15) is 11.6 Å². The molecule has 0 saturated carbocycles. The molecule has 0 spiro atoms. The molecule has 1 saturated heterocycles. The Morgan fingerprint density at radius 3 is 2.86 bits per heavy atom. The Bertz CT molecular complexity index is 1010.